The Morgan fingerprint density at radius 3 is 2.24 bits per heavy atom. The number of amides is 1. The molecule has 1 saturated heterocycles. The number of hydrogen-bond donors (Lipinski definition) is 3. The van der Waals surface area contributed by atoms with Crippen LogP contribution in [-0.2, 0) is 9.59 Å². The Labute approximate surface area is 126 Å². The average Bonchev–Trinajstić information content (AvgIpc) is 2.49. The molecule has 1 aliphatic carbocycles. The maximum atomic E-state index is 12.9. The van der Waals surface area contributed by atoms with Crippen LogP contribution in [0.3, 0.4) is 0 Å². The van der Waals surface area contributed by atoms with E-state index in [0.717, 1.165) is 58.0 Å². The van der Waals surface area contributed by atoms with Gasteiger partial charge in [-0.05, 0) is 45.2 Å². The van der Waals surface area contributed by atoms with Gasteiger partial charge >= 0.3 is 5.97 Å². The number of carbonyl (C=O) groups is 2. The summed E-state index contributed by atoms with van der Waals surface area (Å²) in [5, 5.41) is 15.9. The minimum atomic E-state index is -1.03. The third-order valence-corrected chi connectivity index (χ3v) is 5.24. The highest BCUT2D eigenvalue weighted by Gasteiger charge is 2.46. The van der Waals surface area contributed by atoms with Crippen molar-refractivity contribution in [1.82, 2.24) is 10.6 Å². The Hall–Kier alpha value is -1.10. The molecule has 0 radical (unpaired) electrons. The Bertz CT molecular complexity index is 377. The van der Waals surface area contributed by atoms with Gasteiger partial charge in [0.15, 0.2) is 0 Å². The molecule has 0 spiro atoms. The molecule has 5 nitrogen and oxygen atoms in total. The fourth-order valence-electron chi connectivity index (χ4n) is 3.87. The van der Waals surface area contributed by atoms with Crippen LogP contribution < -0.4 is 10.6 Å². The summed E-state index contributed by atoms with van der Waals surface area (Å²) in [5.74, 6) is -0.897. The molecule has 1 aliphatic heterocycles. The van der Waals surface area contributed by atoms with Gasteiger partial charge in [0.25, 0.3) is 0 Å². The molecule has 2 rings (SSSR count). The predicted molar refractivity (Wildman–Crippen MR) is 81.0 cm³/mol. The van der Waals surface area contributed by atoms with Gasteiger partial charge < -0.3 is 15.7 Å². The number of piperidine rings is 1. The molecule has 1 amide bonds. The zero-order chi connectivity index (χ0) is 15.3. The van der Waals surface area contributed by atoms with E-state index in [1.165, 1.54) is 0 Å². The summed E-state index contributed by atoms with van der Waals surface area (Å²) in [7, 11) is 0. The second-order valence-corrected chi connectivity index (χ2v) is 6.68. The van der Waals surface area contributed by atoms with Gasteiger partial charge in [-0.2, -0.15) is 0 Å². The van der Waals surface area contributed by atoms with E-state index in [0.29, 0.717) is 12.8 Å². The van der Waals surface area contributed by atoms with E-state index in [1.54, 1.807) is 0 Å². The molecule has 0 aromatic heterocycles. The van der Waals surface area contributed by atoms with Crippen molar-refractivity contribution in [2.75, 3.05) is 13.1 Å². The molecule has 120 valence electrons. The van der Waals surface area contributed by atoms with Crippen LogP contribution in [0.4, 0.5) is 0 Å². The van der Waals surface area contributed by atoms with Crippen molar-refractivity contribution in [3.63, 3.8) is 0 Å². The molecule has 0 aromatic carbocycles. The summed E-state index contributed by atoms with van der Waals surface area (Å²) in [6.45, 7) is 3.77. The first-order valence-electron chi connectivity index (χ1n) is 8.31. The molecular formula is C16H28N2O3. The number of rotatable bonds is 5. The molecule has 0 unspecified atom stereocenters. The number of carbonyl (C=O) groups excluding carboxylic acids is 1. The van der Waals surface area contributed by atoms with Gasteiger partial charge in [-0.25, -0.2) is 4.79 Å². The van der Waals surface area contributed by atoms with Gasteiger partial charge in [-0.1, -0.05) is 32.6 Å². The Balaban J connectivity index is 2.14. The topological polar surface area (TPSA) is 78.4 Å². The normalized spacial score (nSPS) is 24.2. The fraction of sp³-hybridized carbons (Fsp3) is 0.875. The number of aliphatic carboxylic acids is 1. The third-order valence-electron chi connectivity index (χ3n) is 5.24. The van der Waals surface area contributed by atoms with E-state index in [-0.39, 0.29) is 11.3 Å². The maximum absolute atomic E-state index is 12.9. The zero-order valence-electron chi connectivity index (χ0n) is 13.0. The number of nitrogens with one attached hydrogen (secondary N) is 2. The summed E-state index contributed by atoms with van der Waals surface area (Å²) in [5.41, 5.74) is -1.40. The fourth-order valence-corrected chi connectivity index (χ4v) is 3.87. The number of hydrogen-bond acceptors (Lipinski definition) is 3. The van der Waals surface area contributed by atoms with Crippen molar-refractivity contribution >= 4 is 11.9 Å². The second-order valence-electron chi connectivity index (χ2n) is 6.68. The van der Waals surface area contributed by atoms with E-state index < -0.39 is 11.5 Å². The van der Waals surface area contributed by atoms with Crippen molar-refractivity contribution in [1.29, 1.82) is 0 Å². The summed E-state index contributed by atoms with van der Waals surface area (Å²) in [6, 6.07) is 0. The van der Waals surface area contributed by atoms with Crippen molar-refractivity contribution in [3.05, 3.63) is 0 Å². The van der Waals surface area contributed by atoms with Gasteiger partial charge in [0, 0.05) is 0 Å². The molecule has 21 heavy (non-hydrogen) atoms. The molecule has 5 heteroatoms. The molecule has 2 fully saturated rings. The van der Waals surface area contributed by atoms with Crippen molar-refractivity contribution < 1.29 is 14.7 Å². The summed E-state index contributed by atoms with van der Waals surface area (Å²) in [4.78, 5) is 24.6. The smallest absolute Gasteiger partial charge is 0.329 e. The first-order valence-corrected chi connectivity index (χ1v) is 8.31. The first kappa shape index (κ1) is 16.3. The molecule has 3 N–H and O–H groups in total. The lowest BCUT2D eigenvalue weighted by Gasteiger charge is -2.41. The minimum Gasteiger partial charge on any atom is -0.480 e. The standard InChI is InChI=1S/C16H28N2O3/c1-2-6-15(9-11-17-12-10-15)13(19)18-16(14(20)21)7-4-3-5-8-16/h17H,2-12H2,1H3,(H,18,19)(H,20,21). The predicted octanol–water partition coefficient (Wildman–Crippen LogP) is 2.06. The van der Waals surface area contributed by atoms with Crippen LogP contribution in [0.25, 0.3) is 0 Å². The lowest BCUT2D eigenvalue weighted by atomic mass is 9.73. The minimum absolute atomic E-state index is 0.0323. The van der Waals surface area contributed by atoms with Gasteiger partial charge in [0.1, 0.15) is 5.54 Å². The highest BCUT2D eigenvalue weighted by Crippen LogP contribution is 2.36. The van der Waals surface area contributed by atoms with Crippen LogP contribution in [0, 0.1) is 5.41 Å². The zero-order valence-corrected chi connectivity index (χ0v) is 13.0. The lowest BCUT2D eigenvalue weighted by Crippen LogP contribution is -2.60. The Morgan fingerprint density at radius 1 is 1.10 bits per heavy atom. The van der Waals surface area contributed by atoms with Crippen molar-refractivity contribution in [3.8, 4) is 0 Å². The summed E-state index contributed by atoms with van der Waals surface area (Å²) >= 11 is 0. The maximum Gasteiger partial charge on any atom is 0.329 e. The Kier molecular flexibility index (Phi) is 5.25. The van der Waals surface area contributed by atoms with Crippen LogP contribution in [0.5, 0.6) is 0 Å². The first-order chi connectivity index (χ1) is 10.0. The summed E-state index contributed by atoms with van der Waals surface area (Å²) in [6.07, 6.45) is 7.37. The SMILES string of the molecule is CCCC1(C(=O)NC2(C(=O)O)CCCCC2)CCNCC1. The third kappa shape index (κ3) is 3.39. The number of carboxylic acids is 1. The highest BCUT2D eigenvalue weighted by molar-refractivity contribution is 5.90. The number of carboxylic acid groups (broad SMARTS) is 1. The van der Waals surface area contributed by atoms with Gasteiger partial charge in [-0.3, -0.25) is 4.79 Å². The van der Waals surface area contributed by atoms with E-state index in [1.807, 2.05) is 0 Å². The van der Waals surface area contributed by atoms with Crippen molar-refractivity contribution in [2.45, 2.75) is 70.3 Å². The monoisotopic (exact) mass is 296 g/mol. The molecule has 2 aliphatic rings. The van der Waals surface area contributed by atoms with Crippen molar-refractivity contribution in [2.24, 2.45) is 5.41 Å². The van der Waals surface area contributed by atoms with Crippen LogP contribution in [0.2, 0.25) is 0 Å². The molecule has 1 heterocycles. The molecule has 1 saturated carbocycles. The van der Waals surface area contributed by atoms with Crippen LogP contribution in [0.15, 0.2) is 0 Å². The lowest BCUT2D eigenvalue weighted by molar-refractivity contribution is -0.152. The highest BCUT2D eigenvalue weighted by atomic mass is 16.4. The second kappa shape index (κ2) is 6.77. The summed E-state index contributed by atoms with van der Waals surface area (Å²) < 4.78 is 0. The average molecular weight is 296 g/mol. The largest absolute Gasteiger partial charge is 0.480 e. The Morgan fingerprint density at radius 2 is 1.71 bits per heavy atom. The molecule has 0 atom stereocenters. The van der Waals surface area contributed by atoms with E-state index in [9.17, 15) is 14.7 Å². The van der Waals surface area contributed by atoms with Crippen LogP contribution in [0.1, 0.15) is 64.7 Å². The van der Waals surface area contributed by atoms with Gasteiger partial charge in [0.05, 0.1) is 5.41 Å². The molecular weight excluding hydrogens is 268 g/mol. The molecule has 0 bridgehead atoms. The van der Waals surface area contributed by atoms with Crippen LogP contribution in [-0.4, -0.2) is 35.6 Å². The quantitative estimate of drug-likeness (QED) is 0.725. The van der Waals surface area contributed by atoms with E-state index in [2.05, 4.69) is 17.6 Å². The van der Waals surface area contributed by atoms with E-state index >= 15 is 0 Å². The van der Waals surface area contributed by atoms with Crippen LogP contribution >= 0.6 is 0 Å². The molecule has 0 aromatic rings. The van der Waals surface area contributed by atoms with Gasteiger partial charge in [0.2, 0.25) is 5.91 Å². The van der Waals surface area contributed by atoms with Gasteiger partial charge in [-0.15, -0.1) is 0 Å². The van der Waals surface area contributed by atoms with E-state index in [4.69, 9.17) is 0 Å².